The number of hydrogen-bond donors (Lipinski definition) is 2. The first-order chi connectivity index (χ1) is 16.5. The molecule has 0 fully saturated rings. The number of ether oxygens (including phenoxy) is 3. The van der Waals surface area contributed by atoms with Crippen LogP contribution < -0.4 is 25.2 Å². The molecule has 0 saturated heterocycles. The number of hydrazone groups is 1. The van der Waals surface area contributed by atoms with Crippen molar-refractivity contribution in [2.75, 3.05) is 21.3 Å². The molecule has 2 N–H and O–H groups in total. The molecule has 0 unspecified atom stereocenters. The Balaban J connectivity index is 1.95. The van der Waals surface area contributed by atoms with Crippen LogP contribution in [-0.4, -0.2) is 43.1 Å². The topological polar surface area (TPSA) is 111 Å². The van der Waals surface area contributed by atoms with Crippen molar-refractivity contribution < 1.29 is 24.1 Å². The molecule has 0 radical (unpaired) electrons. The highest BCUT2D eigenvalue weighted by molar-refractivity contribution is 6.02. The summed E-state index contributed by atoms with van der Waals surface area (Å²) in [6.07, 6.45) is 4.08. The summed E-state index contributed by atoms with van der Waals surface area (Å²) < 4.78 is 17.4. The van der Waals surface area contributed by atoms with E-state index in [2.05, 4.69) is 17.5 Å². The summed E-state index contributed by atoms with van der Waals surface area (Å²) in [6.45, 7) is 2.52. The average Bonchev–Trinajstić information content (AvgIpc) is 2.85. The van der Waals surface area contributed by atoms with E-state index in [9.17, 15) is 14.7 Å². The normalized spacial score (nSPS) is 11.1. The maximum Gasteiger partial charge on any atom is 0.280 e. The van der Waals surface area contributed by atoms with Gasteiger partial charge in [0.05, 0.1) is 33.1 Å². The van der Waals surface area contributed by atoms with Gasteiger partial charge in [0.1, 0.15) is 17.1 Å². The minimum atomic E-state index is -0.812. The predicted octanol–water partition coefficient (Wildman–Crippen LogP) is 3.69. The second-order valence-electron chi connectivity index (χ2n) is 7.55. The van der Waals surface area contributed by atoms with Gasteiger partial charge in [-0.2, -0.15) is 5.10 Å². The lowest BCUT2D eigenvalue weighted by Gasteiger charge is -2.14. The maximum absolute atomic E-state index is 13.2. The van der Waals surface area contributed by atoms with Crippen LogP contribution in [0.25, 0.3) is 10.9 Å². The minimum Gasteiger partial charge on any atom is -0.506 e. The van der Waals surface area contributed by atoms with Gasteiger partial charge in [-0.3, -0.25) is 9.59 Å². The molecule has 9 nitrogen and oxygen atoms in total. The number of pyridine rings is 1. The lowest BCUT2D eigenvalue weighted by molar-refractivity contribution is 0.0950. The van der Waals surface area contributed by atoms with E-state index in [-0.39, 0.29) is 11.3 Å². The summed E-state index contributed by atoms with van der Waals surface area (Å²) in [5, 5.41) is 15.1. The van der Waals surface area contributed by atoms with Crippen LogP contribution in [0.1, 0.15) is 42.1 Å². The molecule has 3 aromatic rings. The van der Waals surface area contributed by atoms with Crippen LogP contribution >= 0.6 is 0 Å². The van der Waals surface area contributed by atoms with Gasteiger partial charge in [-0.25, -0.2) is 5.43 Å². The molecule has 1 heterocycles. The highest BCUT2D eigenvalue weighted by Gasteiger charge is 2.22. The Bertz CT molecular complexity index is 1270. The number of carbonyl (C=O) groups is 1. The van der Waals surface area contributed by atoms with Crippen molar-refractivity contribution >= 4 is 23.0 Å². The third kappa shape index (κ3) is 4.98. The number of amides is 1. The maximum atomic E-state index is 13.2. The third-order valence-electron chi connectivity index (χ3n) is 5.46. The minimum absolute atomic E-state index is 0.355. The fourth-order valence-corrected chi connectivity index (χ4v) is 3.71. The van der Waals surface area contributed by atoms with E-state index in [0.29, 0.717) is 40.3 Å². The van der Waals surface area contributed by atoms with E-state index in [1.54, 1.807) is 36.4 Å². The van der Waals surface area contributed by atoms with Gasteiger partial charge in [-0.1, -0.05) is 31.9 Å². The van der Waals surface area contributed by atoms with Crippen LogP contribution in [-0.2, 0) is 6.54 Å². The number of fused-ring (bicyclic) bond motifs is 1. The second-order valence-corrected chi connectivity index (χ2v) is 7.55. The van der Waals surface area contributed by atoms with E-state index < -0.39 is 11.5 Å². The molecule has 0 saturated carbocycles. The molecule has 1 aromatic heterocycles. The number of benzene rings is 2. The molecular weight excluding hydrogens is 438 g/mol. The molecule has 0 spiro atoms. The van der Waals surface area contributed by atoms with Gasteiger partial charge < -0.3 is 23.9 Å². The van der Waals surface area contributed by atoms with Crippen molar-refractivity contribution in [3.63, 3.8) is 0 Å². The molecule has 9 heteroatoms. The number of hydrogen-bond acceptors (Lipinski definition) is 7. The zero-order valence-electron chi connectivity index (χ0n) is 19.8. The first kappa shape index (κ1) is 24.6. The van der Waals surface area contributed by atoms with Crippen LogP contribution in [0.2, 0.25) is 0 Å². The number of aryl methyl sites for hydroxylation is 1. The summed E-state index contributed by atoms with van der Waals surface area (Å²) in [7, 11) is 4.50. The van der Waals surface area contributed by atoms with Crippen LogP contribution in [0.4, 0.5) is 0 Å². The van der Waals surface area contributed by atoms with Gasteiger partial charge in [0.2, 0.25) is 0 Å². The molecule has 0 aliphatic heterocycles. The van der Waals surface area contributed by atoms with Crippen LogP contribution in [0.3, 0.4) is 0 Å². The van der Waals surface area contributed by atoms with Crippen molar-refractivity contribution in [1.82, 2.24) is 9.99 Å². The Labute approximate surface area is 197 Å². The standard InChI is InChI=1S/C25H29N3O6/c1-5-6-9-12-28-18-11-8-7-10-17(18)23(29)22(25(28)31)24(30)27-26-15-16-13-20(33-3)21(34-4)14-19(16)32-2/h7-8,10-11,13-15,29H,5-6,9,12H2,1-4H3,(H,27,30)/b26-15-. The average molecular weight is 468 g/mol. The molecule has 0 bridgehead atoms. The highest BCUT2D eigenvalue weighted by Crippen LogP contribution is 2.33. The van der Waals surface area contributed by atoms with E-state index in [4.69, 9.17) is 14.2 Å². The van der Waals surface area contributed by atoms with E-state index in [1.807, 2.05) is 0 Å². The van der Waals surface area contributed by atoms with E-state index >= 15 is 0 Å². The summed E-state index contributed by atoms with van der Waals surface area (Å²) in [6, 6.07) is 10.2. The van der Waals surface area contributed by atoms with Crippen molar-refractivity contribution in [3.05, 3.63) is 57.9 Å². The number of nitrogens with zero attached hydrogens (tertiary/aromatic N) is 2. The lowest BCUT2D eigenvalue weighted by Crippen LogP contribution is -2.31. The highest BCUT2D eigenvalue weighted by atomic mass is 16.5. The predicted molar refractivity (Wildman–Crippen MR) is 131 cm³/mol. The fraction of sp³-hybridized carbons (Fsp3) is 0.320. The summed E-state index contributed by atoms with van der Waals surface area (Å²) in [5.41, 5.74) is 2.51. The third-order valence-corrected chi connectivity index (χ3v) is 5.46. The number of nitrogens with one attached hydrogen (secondary N) is 1. The summed E-state index contributed by atoms with van der Waals surface area (Å²) in [5.74, 6) is 0.197. The molecule has 1 amide bonds. The Kier molecular flexibility index (Phi) is 8.13. The Morgan fingerprint density at radius 2 is 1.74 bits per heavy atom. The van der Waals surface area contributed by atoms with Crippen molar-refractivity contribution in [2.24, 2.45) is 5.10 Å². The number of methoxy groups -OCH3 is 3. The number of aromatic hydroxyl groups is 1. The SMILES string of the molecule is CCCCCn1c(=O)c(C(=O)N/N=C\c2cc(OC)c(OC)cc2OC)c(O)c2ccccc21. The quantitative estimate of drug-likeness (QED) is 0.267. The van der Waals surface area contributed by atoms with Crippen molar-refractivity contribution in [1.29, 1.82) is 0 Å². The van der Waals surface area contributed by atoms with Crippen LogP contribution in [0.5, 0.6) is 23.0 Å². The van der Waals surface area contributed by atoms with E-state index in [1.165, 1.54) is 32.1 Å². The smallest absolute Gasteiger partial charge is 0.280 e. The largest absolute Gasteiger partial charge is 0.506 e. The Morgan fingerprint density at radius 1 is 1.06 bits per heavy atom. The number of carbonyl (C=O) groups excluding carboxylic acids is 1. The molecule has 34 heavy (non-hydrogen) atoms. The van der Waals surface area contributed by atoms with Crippen LogP contribution in [0, 0.1) is 0 Å². The molecule has 0 aliphatic carbocycles. The summed E-state index contributed by atoms with van der Waals surface area (Å²) >= 11 is 0. The first-order valence-corrected chi connectivity index (χ1v) is 10.9. The van der Waals surface area contributed by atoms with Gasteiger partial charge in [0.25, 0.3) is 11.5 Å². The van der Waals surface area contributed by atoms with Gasteiger partial charge in [0, 0.05) is 23.6 Å². The fourth-order valence-electron chi connectivity index (χ4n) is 3.71. The number of aromatic nitrogens is 1. The lowest BCUT2D eigenvalue weighted by atomic mass is 10.1. The molecule has 0 aliphatic rings. The zero-order chi connectivity index (χ0) is 24.7. The van der Waals surface area contributed by atoms with Gasteiger partial charge in [0.15, 0.2) is 11.5 Å². The van der Waals surface area contributed by atoms with Gasteiger partial charge in [-0.15, -0.1) is 0 Å². The monoisotopic (exact) mass is 467 g/mol. The molecule has 0 atom stereocenters. The molecule has 180 valence electrons. The molecule has 3 rings (SSSR count). The first-order valence-electron chi connectivity index (χ1n) is 10.9. The van der Waals surface area contributed by atoms with Crippen molar-refractivity contribution in [3.8, 4) is 23.0 Å². The van der Waals surface area contributed by atoms with E-state index in [0.717, 1.165) is 19.3 Å². The molecule has 2 aromatic carbocycles. The second kappa shape index (κ2) is 11.2. The van der Waals surface area contributed by atoms with Crippen molar-refractivity contribution in [2.45, 2.75) is 32.7 Å². The Hall–Kier alpha value is -4.01. The number of rotatable bonds is 10. The zero-order valence-corrected chi connectivity index (χ0v) is 19.8. The van der Waals surface area contributed by atoms with Gasteiger partial charge >= 0.3 is 0 Å². The Morgan fingerprint density at radius 3 is 2.41 bits per heavy atom. The number of para-hydroxylation sites is 1. The molecular formula is C25H29N3O6. The summed E-state index contributed by atoms with van der Waals surface area (Å²) in [4.78, 5) is 26.1. The van der Waals surface area contributed by atoms with Gasteiger partial charge in [-0.05, 0) is 24.6 Å². The van der Waals surface area contributed by atoms with Crippen LogP contribution in [0.15, 0.2) is 46.3 Å². The number of unbranched alkanes of at least 4 members (excludes halogenated alkanes) is 2.